The molecule has 0 fully saturated rings. The Bertz CT molecular complexity index is 1730. The quantitative estimate of drug-likeness (QED) is 0.160. The topological polar surface area (TPSA) is 57.3 Å². The molecule has 5 heteroatoms. The molecule has 230 valence electrons. The molecule has 0 N–H and O–H groups in total. The Labute approximate surface area is 262 Å². The largest absolute Gasteiger partial charge is 0.441 e. The summed E-state index contributed by atoms with van der Waals surface area (Å²) in [5, 5.41) is 0.989. The first kappa shape index (κ1) is 31.5. The fourth-order valence-electron chi connectivity index (χ4n) is 6.67. The summed E-state index contributed by atoms with van der Waals surface area (Å²) in [6.07, 6.45) is 4.68. The lowest BCUT2D eigenvalue weighted by Gasteiger charge is -2.29. The van der Waals surface area contributed by atoms with Crippen molar-refractivity contribution in [2.45, 2.75) is 98.8 Å². The van der Waals surface area contributed by atoms with E-state index in [1.54, 1.807) is 6.92 Å². The molecule has 0 atom stereocenters. The zero-order valence-corrected chi connectivity index (χ0v) is 27.4. The molecule has 5 nitrogen and oxygen atoms in total. The maximum Gasteiger partial charge on any atom is 0.226 e. The lowest BCUT2D eigenvalue weighted by molar-refractivity contribution is -0.0518. The number of para-hydroxylation sites is 1. The van der Waals surface area contributed by atoms with Crippen LogP contribution in [0.4, 0.5) is 0 Å². The van der Waals surface area contributed by atoms with Crippen LogP contribution in [0.25, 0.3) is 22.4 Å². The number of aromatic nitrogens is 2. The molecule has 0 bridgehead atoms. The average Bonchev–Trinajstić information content (AvgIpc) is 3.66. The minimum atomic E-state index is 0.0279. The summed E-state index contributed by atoms with van der Waals surface area (Å²) in [6, 6.07) is 25.1. The van der Waals surface area contributed by atoms with Gasteiger partial charge in [0.15, 0.2) is 5.78 Å². The summed E-state index contributed by atoms with van der Waals surface area (Å²) >= 11 is 0. The van der Waals surface area contributed by atoms with E-state index in [9.17, 15) is 4.79 Å². The molecule has 3 heterocycles. The lowest BCUT2D eigenvalue weighted by atomic mass is 9.85. The fraction of sp³-hybridized carbons (Fsp3) is 0.385. The standard InChI is InChI=1S/C25H26N2O2.C14H20O/c1-15(2)19-10-12-20(13-11-19)25-26-22(18(5)29-25)14-27-16(3)24(17(4)28)21-8-6-7-9-23(21)27;1-3-9-14(10-4-2)13-8-6-5-7-12(13)11-15-14/h6-13,15H,14H2,1-5H3;5-8H,3-4,9-11H2,1-2H3. The van der Waals surface area contributed by atoms with Crippen LogP contribution in [0.3, 0.4) is 0 Å². The molecule has 5 aromatic rings. The van der Waals surface area contributed by atoms with Crippen molar-refractivity contribution in [1.29, 1.82) is 0 Å². The summed E-state index contributed by atoms with van der Waals surface area (Å²) in [4.78, 5) is 17.0. The van der Waals surface area contributed by atoms with Gasteiger partial charge in [-0.15, -0.1) is 0 Å². The third kappa shape index (κ3) is 6.16. The van der Waals surface area contributed by atoms with Crippen molar-refractivity contribution in [1.82, 2.24) is 9.55 Å². The molecule has 3 aromatic carbocycles. The van der Waals surface area contributed by atoms with Crippen LogP contribution in [-0.2, 0) is 23.5 Å². The second-order valence-electron chi connectivity index (χ2n) is 12.4. The second kappa shape index (κ2) is 13.4. The van der Waals surface area contributed by atoms with E-state index in [-0.39, 0.29) is 11.4 Å². The first-order valence-corrected chi connectivity index (χ1v) is 16.1. The maximum atomic E-state index is 12.2. The van der Waals surface area contributed by atoms with Gasteiger partial charge in [-0.1, -0.05) is 95.1 Å². The number of carbonyl (C=O) groups excluding carboxylic acids is 1. The van der Waals surface area contributed by atoms with Crippen molar-refractivity contribution in [2.75, 3.05) is 0 Å². The third-order valence-electron chi connectivity index (χ3n) is 8.93. The Morgan fingerprint density at radius 1 is 0.932 bits per heavy atom. The highest BCUT2D eigenvalue weighted by atomic mass is 16.5. The van der Waals surface area contributed by atoms with Crippen LogP contribution >= 0.6 is 0 Å². The van der Waals surface area contributed by atoms with Gasteiger partial charge < -0.3 is 13.7 Å². The number of nitrogens with zero attached hydrogens (tertiary/aromatic N) is 2. The zero-order valence-electron chi connectivity index (χ0n) is 27.4. The van der Waals surface area contributed by atoms with E-state index in [1.165, 1.54) is 29.5 Å². The monoisotopic (exact) mass is 590 g/mol. The Hall–Kier alpha value is -3.96. The molecule has 1 aliphatic heterocycles. The van der Waals surface area contributed by atoms with E-state index in [2.05, 4.69) is 86.9 Å². The van der Waals surface area contributed by atoms with E-state index >= 15 is 0 Å². The van der Waals surface area contributed by atoms with Gasteiger partial charge in [0.2, 0.25) is 5.89 Å². The van der Waals surface area contributed by atoms with E-state index in [0.717, 1.165) is 58.6 Å². The number of carbonyl (C=O) groups is 1. The number of benzene rings is 3. The molecule has 2 aromatic heterocycles. The van der Waals surface area contributed by atoms with Crippen LogP contribution in [0.15, 0.2) is 77.2 Å². The number of ketones is 1. The van der Waals surface area contributed by atoms with Crippen LogP contribution in [0.5, 0.6) is 0 Å². The highest BCUT2D eigenvalue weighted by molar-refractivity contribution is 6.08. The van der Waals surface area contributed by atoms with Crippen LogP contribution in [0.2, 0.25) is 0 Å². The number of fused-ring (bicyclic) bond motifs is 2. The Balaban J connectivity index is 0.000000215. The molecule has 0 amide bonds. The number of Topliss-reactive ketones (excluding diaryl/α,β-unsaturated/α-hetero) is 1. The predicted molar refractivity (Wildman–Crippen MR) is 179 cm³/mol. The zero-order chi connectivity index (χ0) is 31.4. The number of rotatable bonds is 9. The van der Waals surface area contributed by atoms with Crippen LogP contribution in [-0.4, -0.2) is 15.3 Å². The smallest absolute Gasteiger partial charge is 0.226 e. The molecule has 6 rings (SSSR count). The number of ether oxygens (including phenoxy) is 1. The molecule has 0 unspecified atom stereocenters. The molecular formula is C39H46N2O3. The van der Waals surface area contributed by atoms with E-state index in [1.807, 2.05) is 32.0 Å². The van der Waals surface area contributed by atoms with E-state index in [0.29, 0.717) is 18.4 Å². The van der Waals surface area contributed by atoms with Crippen molar-refractivity contribution in [3.05, 3.63) is 112 Å². The Morgan fingerprint density at radius 3 is 2.25 bits per heavy atom. The van der Waals surface area contributed by atoms with Crippen molar-refractivity contribution in [2.24, 2.45) is 0 Å². The van der Waals surface area contributed by atoms with E-state index in [4.69, 9.17) is 14.1 Å². The average molecular weight is 591 g/mol. The van der Waals surface area contributed by atoms with Crippen molar-refractivity contribution < 1.29 is 13.9 Å². The van der Waals surface area contributed by atoms with Gasteiger partial charge in [-0.2, -0.15) is 0 Å². The molecule has 0 saturated carbocycles. The SMILES string of the molecule is CC(=O)c1c(C)n(Cc2nc(-c3ccc(C(C)C)cc3)oc2C)c2ccccc12.CCCC1(CCC)OCc2ccccc21. The Morgan fingerprint density at radius 2 is 1.59 bits per heavy atom. The summed E-state index contributed by atoms with van der Waals surface area (Å²) in [5.74, 6) is 2.01. The molecule has 0 radical (unpaired) electrons. The predicted octanol–water partition coefficient (Wildman–Crippen LogP) is 10.3. The summed E-state index contributed by atoms with van der Waals surface area (Å²) in [7, 11) is 0. The summed E-state index contributed by atoms with van der Waals surface area (Å²) < 4.78 is 14.2. The fourth-order valence-corrected chi connectivity index (χ4v) is 6.67. The minimum absolute atomic E-state index is 0.0279. The van der Waals surface area contributed by atoms with Gasteiger partial charge in [0.1, 0.15) is 11.5 Å². The first-order chi connectivity index (χ1) is 21.2. The number of oxazole rings is 1. The molecule has 0 saturated heterocycles. The van der Waals surface area contributed by atoms with Gasteiger partial charge in [-0.3, -0.25) is 4.79 Å². The van der Waals surface area contributed by atoms with Crippen molar-refractivity contribution in [3.63, 3.8) is 0 Å². The highest BCUT2D eigenvalue weighted by Gasteiger charge is 2.37. The summed E-state index contributed by atoms with van der Waals surface area (Å²) in [5.41, 5.74) is 8.79. The molecular weight excluding hydrogens is 544 g/mol. The molecule has 44 heavy (non-hydrogen) atoms. The van der Waals surface area contributed by atoms with Crippen molar-refractivity contribution >= 4 is 16.7 Å². The van der Waals surface area contributed by atoms with Crippen LogP contribution < -0.4 is 0 Å². The molecule has 1 aliphatic rings. The van der Waals surface area contributed by atoms with Gasteiger partial charge in [0, 0.05) is 27.7 Å². The first-order valence-electron chi connectivity index (χ1n) is 16.1. The van der Waals surface area contributed by atoms with E-state index < -0.39 is 0 Å². The third-order valence-corrected chi connectivity index (χ3v) is 8.93. The normalized spacial score (nSPS) is 13.6. The minimum Gasteiger partial charge on any atom is -0.441 e. The number of aryl methyl sites for hydroxylation is 1. The second-order valence-corrected chi connectivity index (χ2v) is 12.4. The maximum absolute atomic E-state index is 12.2. The van der Waals surface area contributed by atoms with Gasteiger partial charge in [-0.25, -0.2) is 4.98 Å². The summed E-state index contributed by atoms with van der Waals surface area (Å²) in [6.45, 7) is 15.8. The van der Waals surface area contributed by atoms with Crippen molar-refractivity contribution in [3.8, 4) is 11.5 Å². The lowest BCUT2D eigenvalue weighted by Crippen LogP contribution is -2.24. The van der Waals surface area contributed by atoms with Gasteiger partial charge in [0.05, 0.1) is 18.8 Å². The Kier molecular flexibility index (Phi) is 9.55. The number of hydrogen-bond acceptors (Lipinski definition) is 4. The van der Waals surface area contributed by atoms with Gasteiger partial charge >= 0.3 is 0 Å². The highest BCUT2D eigenvalue weighted by Crippen LogP contribution is 2.43. The molecule has 0 spiro atoms. The van der Waals surface area contributed by atoms with Crippen LogP contribution in [0, 0.1) is 13.8 Å². The van der Waals surface area contributed by atoms with Gasteiger partial charge in [0.25, 0.3) is 0 Å². The van der Waals surface area contributed by atoms with Crippen LogP contribution in [0.1, 0.15) is 110 Å². The van der Waals surface area contributed by atoms with Gasteiger partial charge in [-0.05, 0) is 74.4 Å². The number of hydrogen-bond donors (Lipinski definition) is 0. The molecule has 0 aliphatic carbocycles.